The molecule has 1 aromatic heterocycles. The van der Waals surface area contributed by atoms with Gasteiger partial charge in [0.05, 0.1) is 4.90 Å². The maximum Gasteiger partial charge on any atom is 0.410 e. The molecular weight excluding hydrogens is 483 g/mol. The fourth-order valence-electron chi connectivity index (χ4n) is 4.83. The molecule has 1 N–H and O–H groups in total. The quantitative estimate of drug-likeness (QED) is 0.680. The topological polar surface area (TPSA) is 87.5 Å². The summed E-state index contributed by atoms with van der Waals surface area (Å²) in [7, 11) is -3.69. The summed E-state index contributed by atoms with van der Waals surface area (Å²) < 4.78 is 69.5. The van der Waals surface area contributed by atoms with E-state index in [1.54, 1.807) is 24.3 Å². The first-order valence-electron chi connectivity index (χ1n) is 11.7. The molecule has 1 saturated carbocycles. The number of anilines is 1. The summed E-state index contributed by atoms with van der Waals surface area (Å²) in [5.41, 5.74) is 0.697. The SMILES string of the molecule is Cc1ccc(S(=O)(=O)N2CCN(C(=O)c3cc4n(n3)C(C(F)(F)F)CC(C3(C)CC3)N4)CC2)cc1. The van der Waals surface area contributed by atoms with Crippen molar-refractivity contribution in [2.24, 2.45) is 5.41 Å². The molecule has 0 bridgehead atoms. The molecule has 0 spiro atoms. The van der Waals surface area contributed by atoms with Gasteiger partial charge in [-0.25, -0.2) is 13.1 Å². The van der Waals surface area contributed by atoms with E-state index < -0.39 is 28.1 Å². The van der Waals surface area contributed by atoms with Gasteiger partial charge in [0, 0.05) is 38.3 Å². The van der Waals surface area contributed by atoms with Gasteiger partial charge < -0.3 is 10.2 Å². The lowest BCUT2D eigenvalue weighted by molar-refractivity contribution is -0.174. The number of carbonyl (C=O) groups excluding carboxylic acids is 1. The normalized spacial score (nSPS) is 24.5. The molecule has 3 aliphatic rings. The summed E-state index contributed by atoms with van der Waals surface area (Å²) in [6, 6.07) is 5.81. The van der Waals surface area contributed by atoms with Gasteiger partial charge in [0.2, 0.25) is 10.0 Å². The predicted molar refractivity (Wildman–Crippen MR) is 123 cm³/mol. The molecule has 2 atom stereocenters. The van der Waals surface area contributed by atoms with Crippen molar-refractivity contribution in [1.29, 1.82) is 0 Å². The summed E-state index contributed by atoms with van der Waals surface area (Å²) in [6.45, 7) is 4.29. The number of nitrogens with one attached hydrogen (secondary N) is 1. The highest BCUT2D eigenvalue weighted by molar-refractivity contribution is 7.89. The van der Waals surface area contributed by atoms with E-state index in [-0.39, 0.29) is 60.5 Å². The van der Waals surface area contributed by atoms with Gasteiger partial charge >= 0.3 is 6.18 Å². The van der Waals surface area contributed by atoms with Crippen LogP contribution >= 0.6 is 0 Å². The van der Waals surface area contributed by atoms with Gasteiger partial charge in [0.25, 0.3) is 5.91 Å². The second kappa shape index (κ2) is 8.22. The van der Waals surface area contributed by atoms with Gasteiger partial charge in [-0.2, -0.15) is 22.6 Å². The van der Waals surface area contributed by atoms with Crippen molar-refractivity contribution in [3.8, 4) is 0 Å². The molecule has 1 saturated heterocycles. The molecule has 12 heteroatoms. The van der Waals surface area contributed by atoms with Gasteiger partial charge in [0.15, 0.2) is 11.7 Å². The first-order valence-corrected chi connectivity index (χ1v) is 13.1. The number of piperazine rings is 1. The molecule has 2 aliphatic heterocycles. The average Bonchev–Trinajstić information content (AvgIpc) is 3.42. The number of sulfonamides is 1. The molecule has 8 nitrogen and oxygen atoms in total. The first-order chi connectivity index (χ1) is 16.4. The number of fused-ring (bicyclic) bond motifs is 1. The van der Waals surface area contributed by atoms with Crippen molar-refractivity contribution < 1.29 is 26.4 Å². The van der Waals surface area contributed by atoms with Crippen LogP contribution in [0.25, 0.3) is 0 Å². The molecule has 190 valence electrons. The van der Waals surface area contributed by atoms with E-state index in [0.29, 0.717) is 0 Å². The van der Waals surface area contributed by atoms with Crippen LogP contribution in [0.4, 0.5) is 19.0 Å². The zero-order valence-electron chi connectivity index (χ0n) is 19.5. The lowest BCUT2D eigenvalue weighted by Crippen LogP contribution is -2.50. The summed E-state index contributed by atoms with van der Waals surface area (Å²) in [5.74, 6) is -0.308. The number of hydrogen-bond donors (Lipinski definition) is 1. The summed E-state index contributed by atoms with van der Waals surface area (Å²) in [4.78, 5) is 14.7. The molecule has 3 heterocycles. The van der Waals surface area contributed by atoms with Crippen LogP contribution in [0.2, 0.25) is 0 Å². The Kier molecular flexibility index (Phi) is 5.67. The van der Waals surface area contributed by atoms with E-state index in [4.69, 9.17) is 0 Å². The Morgan fingerprint density at radius 3 is 2.31 bits per heavy atom. The fraction of sp³-hybridized carbons (Fsp3) is 0.565. The minimum atomic E-state index is -4.48. The average molecular weight is 512 g/mol. The minimum absolute atomic E-state index is 0.0711. The lowest BCUT2D eigenvalue weighted by atomic mass is 9.90. The van der Waals surface area contributed by atoms with Gasteiger partial charge in [-0.1, -0.05) is 24.6 Å². The third-order valence-electron chi connectivity index (χ3n) is 7.47. The number of alkyl halides is 3. The Morgan fingerprint density at radius 2 is 1.74 bits per heavy atom. The molecular formula is C23H28F3N5O3S. The molecule has 2 aromatic rings. The third kappa shape index (κ3) is 4.42. The number of halogens is 3. The number of carbonyl (C=O) groups is 1. The van der Waals surface area contributed by atoms with Gasteiger partial charge in [-0.15, -0.1) is 0 Å². The predicted octanol–water partition coefficient (Wildman–Crippen LogP) is 3.43. The number of benzene rings is 1. The Bertz CT molecular complexity index is 1230. The maximum atomic E-state index is 13.8. The van der Waals surface area contributed by atoms with Crippen LogP contribution in [0.1, 0.15) is 48.3 Å². The fourth-order valence-corrected chi connectivity index (χ4v) is 6.26. The molecule has 0 radical (unpaired) electrons. The van der Waals surface area contributed by atoms with Crippen LogP contribution in [0.3, 0.4) is 0 Å². The molecule has 2 unspecified atom stereocenters. The van der Waals surface area contributed by atoms with Crippen LogP contribution in [0.15, 0.2) is 35.2 Å². The number of hydrogen-bond acceptors (Lipinski definition) is 5. The second-order valence-corrected chi connectivity index (χ2v) is 12.0. The smallest absolute Gasteiger partial charge is 0.367 e. The Labute approximate surface area is 202 Å². The van der Waals surface area contributed by atoms with Crippen molar-refractivity contribution in [2.45, 2.75) is 56.3 Å². The number of aromatic nitrogens is 2. The number of aryl methyl sites for hydroxylation is 1. The van der Waals surface area contributed by atoms with Crippen molar-refractivity contribution in [2.75, 3.05) is 31.5 Å². The molecule has 35 heavy (non-hydrogen) atoms. The van der Waals surface area contributed by atoms with E-state index in [0.717, 1.165) is 23.1 Å². The zero-order valence-corrected chi connectivity index (χ0v) is 20.4. The Balaban J connectivity index is 1.31. The van der Waals surface area contributed by atoms with E-state index >= 15 is 0 Å². The van der Waals surface area contributed by atoms with E-state index in [1.807, 2.05) is 13.8 Å². The molecule has 1 aromatic carbocycles. The van der Waals surface area contributed by atoms with Gasteiger partial charge in [-0.05, 0) is 43.7 Å². The van der Waals surface area contributed by atoms with Crippen molar-refractivity contribution >= 4 is 21.7 Å². The molecule has 1 amide bonds. The van der Waals surface area contributed by atoms with Gasteiger partial charge in [-0.3, -0.25) is 4.79 Å². The minimum Gasteiger partial charge on any atom is -0.367 e. The Hall–Kier alpha value is -2.60. The zero-order chi connectivity index (χ0) is 25.2. The summed E-state index contributed by atoms with van der Waals surface area (Å²) in [6.07, 6.45) is -2.88. The highest BCUT2D eigenvalue weighted by atomic mass is 32.2. The Morgan fingerprint density at radius 1 is 1.11 bits per heavy atom. The van der Waals surface area contributed by atoms with Crippen LogP contribution in [0.5, 0.6) is 0 Å². The van der Waals surface area contributed by atoms with E-state index in [9.17, 15) is 26.4 Å². The number of rotatable bonds is 4. The summed E-state index contributed by atoms with van der Waals surface area (Å²) in [5, 5.41) is 7.22. The number of nitrogens with zero attached hydrogens (tertiary/aromatic N) is 4. The second-order valence-electron chi connectivity index (χ2n) is 10.0. The van der Waals surface area contributed by atoms with Crippen molar-refractivity contribution in [3.05, 3.63) is 41.6 Å². The largest absolute Gasteiger partial charge is 0.410 e. The first kappa shape index (κ1) is 24.1. The standard InChI is InChI=1S/C23H28F3N5O3S/c1-15-3-5-16(6-4-15)35(33,34)30-11-9-29(10-12-30)21(32)17-13-20-27-18(22(2)7-8-22)14-19(23(24,25)26)31(20)28-17/h3-6,13,18-19,27H,7-12,14H2,1-2H3. The molecule has 5 rings (SSSR count). The number of amides is 1. The maximum absolute atomic E-state index is 13.8. The van der Waals surface area contributed by atoms with Crippen molar-refractivity contribution in [3.63, 3.8) is 0 Å². The van der Waals surface area contributed by atoms with Crippen LogP contribution < -0.4 is 5.32 Å². The third-order valence-corrected chi connectivity index (χ3v) is 9.39. The van der Waals surface area contributed by atoms with Crippen LogP contribution in [0, 0.1) is 12.3 Å². The highest BCUT2D eigenvalue weighted by Gasteiger charge is 2.53. The monoisotopic (exact) mass is 511 g/mol. The molecule has 2 fully saturated rings. The molecule has 1 aliphatic carbocycles. The summed E-state index contributed by atoms with van der Waals surface area (Å²) >= 11 is 0. The van der Waals surface area contributed by atoms with Gasteiger partial charge in [0.1, 0.15) is 5.82 Å². The lowest BCUT2D eigenvalue weighted by Gasteiger charge is -2.36. The highest BCUT2D eigenvalue weighted by Crippen LogP contribution is 2.54. The van der Waals surface area contributed by atoms with E-state index in [2.05, 4.69) is 10.4 Å². The van der Waals surface area contributed by atoms with Crippen LogP contribution in [-0.4, -0.2) is 71.7 Å². The van der Waals surface area contributed by atoms with Crippen LogP contribution in [-0.2, 0) is 10.0 Å². The van der Waals surface area contributed by atoms with Crippen molar-refractivity contribution in [1.82, 2.24) is 19.0 Å². The van der Waals surface area contributed by atoms with E-state index in [1.165, 1.54) is 15.3 Å².